The third-order valence-electron chi connectivity index (χ3n) is 7.40. The average molecular weight is 517 g/mol. The van der Waals surface area contributed by atoms with Gasteiger partial charge in [0.05, 0.1) is 0 Å². The van der Waals surface area contributed by atoms with Crippen molar-refractivity contribution >= 4 is 28.3 Å². The first kappa shape index (κ1) is 37.4. The fraction of sp³-hybridized carbons (Fsp3) is 0.818. The number of hydrogen-bond acceptors (Lipinski definition) is 0. The minimum absolute atomic E-state index is 0.410. The summed E-state index contributed by atoms with van der Waals surface area (Å²) in [6.45, 7) is 18.2. The molecule has 0 saturated carbocycles. The topological polar surface area (TPSA) is 0 Å². The maximum absolute atomic E-state index is 3.73. The van der Waals surface area contributed by atoms with Gasteiger partial charge < -0.3 is 0 Å². The van der Waals surface area contributed by atoms with E-state index in [9.17, 15) is 0 Å². The van der Waals surface area contributed by atoms with E-state index in [-0.39, 0.29) is 0 Å². The molecule has 0 aromatic rings. The summed E-state index contributed by atoms with van der Waals surface area (Å²) in [4.78, 5) is 0. The van der Waals surface area contributed by atoms with Gasteiger partial charge >= 0.3 is 0 Å². The molecule has 0 spiro atoms. The maximum Gasteiger partial charge on any atom is 0.274 e. The molecule has 0 aliphatic rings. The Hall–Kier alpha value is 0.285. The molecule has 204 valence electrons. The summed E-state index contributed by atoms with van der Waals surface area (Å²) in [6.07, 6.45) is 32.8. The molecule has 0 aliphatic carbocycles. The zero-order valence-corrected chi connectivity index (χ0v) is 27.3. The summed E-state index contributed by atoms with van der Waals surface area (Å²) in [5.41, 5.74) is 0. The predicted molar refractivity (Wildman–Crippen MR) is 171 cm³/mol. The highest BCUT2D eigenvalue weighted by Crippen LogP contribution is 2.20. The normalized spacial score (nSPS) is 10.4. The van der Waals surface area contributed by atoms with E-state index < -0.39 is 28.3 Å². The molecule has 0 rings (SSSR count). The Morgan fingerprint density at radius 1 is 0.371 bits per heavy atom. The number of unbranched alkanes of at least 4 members (excludes halogenated alkanes) is 15. The van der Waals surface area contributed by atoms with Crippen LogP contribution in [0.15, 0.2) is 38.0 Å². The van der Waals surface area contributed by atoms with Crippen molar-refractivity contribution in [2.45, 2.75) is 168 Å². The van der Waals surface area contributed by atoms with Crippen LogP contribution in [0.3, 0.4) is 0 Å². The van der Waals surface area contributed by atoms with Crippen LogP contribution >= 0.6 is 0 Å². The largest absolute Gasteiger partial charge is 0.274 e. The van der Waals surface area contributed by atoms with Gasteiger partial charge in [-0.1, -0.05) is 168 Å². The zero-order chi connectivity index (χ0) is 26.2. The van der Waals surface area contributed by atoms with E-state index in [1.807, 2.05) is 18.2 Å². The Morgan fingerprint density at radius 3 is 0.886 bits per heavy atom. The smallest absolute Gasteiger partial charge is 0.105 e. The summed E-state index contributed by atoms with van der Waals surface area (Å²) in [5.74, 6) is 0. The molecule has 0 nitrogen and oxygen atoms in total. The van der Waals surface area contributed by atoms with E-state index in [0.29, 0.717) is 0 Å². The Bertz CT molecular complexity index is 356. The number of rotatable bonds is 27. The van der Waals surface area contributed by atoms with Gasteiger partial charge in [-0.15, -0.1) is 38.0 Å². The van der Waals surface area contributed by atoms with Crippen molar-refractivity contribution in [3.8, 4) is 0 Å². The molecule has 0 aliphatic heterocycles. The molecule has 0 atom stereocenters. The van der Waals surface area contributed by atoms with E-state index in [0.717, 1.165) is 0 Å². The molecule has 0 heterocycles. The second kappa shape index (κ2) is 34.3. The van der Waals surface area contributed by atoms with Crippen molar-refractivity contribution < 1.29 is 0 Å². The van der Waals surface area contributed by atoms with Gasteiger partial charge in [-0.2, -0.15) is 0 Å². The first-order valence-electron chi connectivity index (χ1n) is 16.0. The monoisotopic (exact) mass is 516 g/mol. The Balaban J connectivity index is 0. The van der Waals surface area contributed by atoms with Gasteiger partial charge in [0, 0.05) is 0 Å². The van der Waals surface area contributed by atoms with Gasteiger partial charge in [0.15, 0.2) is 0 Å². The zero-order valence-electron chi connectivity index (χ0n) is 25.0. The standard InChI is InChI=1S/3C8H17.3C3H5.2Al/c3*1-3-5-7-8-6-4-2;3*1-3-2;;/h3*1,3-8H2,2H3;3*3H,1-2H2;;. The molecule has 0 bridgehead atoms. The molecule has 0 N–H and O–H groups in total. The lowest BCUT2D eigenvalue weighted by atomic mass is 10.1. The van der Waals surface area contributed by atoms with Crippen LogP contribution in [0.25, 0.3) is 0 Å². The Morgan fingerprint density at radius 2 is 0.629 bits per heavy atom. The quantitative estimate of drug-likeness (QED) is 0.0578. The molecule has 0 amide bonds. The van der Waals surface area contributed by atoms with E-state index in [1.165, 1.54) is 112 Å². The predicted octanol–water partition coefficient (Wildman–Crippen LogP) is 12.6. The van der Waals surface area contributed by atoms with Crippen LogP contribution in [0, 0.1) is 0 Å². The van der Waals surface area contributed by atoms with Crippen molar-refractivity contribution in [2.24, 2.45) is 0 Å². The van der Waals surface area contributed by atoms with Gasteiger partial charge in [-0.3, -0.25) is 0 Å². The third-order valence-corrected chi connectivity index (χ3v) is 14.1. The highest BCUT2D eigenvalue weighted by molar-refractivity contribution is 6.60. The number of allylic oxidation sites excluding steroid dienone is 3. The first-order valence-corrected chi connectivity index (χ1v) is 20.9. The molecule has 0 fully saturated rings. The average Bonchev–Trinajstić information content (AvgIpc) is 2.86. The summed E-state index contributed by atoms with van der Waals surface area (Å²) in [5, 5.41) is 8.61. The van der Waals surface area contributed by atoms with E-state index in [1.54, 1.807) is 35.1 Å². The molecular formula is C33H66Al2. The molecule has 2 heteroatoms. The fourth-order valence-corrected chi connectivity index (χ4v) is 10.5. The van der Waals surface area contributed by atoms with Gasteiger partial charge in [-0.25, -0.2) is 0 Å². The second-order valence-electron chi connectivity index (χ2n) is 11.0. The van der Waals surface area contributed by atoms with E-state index in [2.05, 4.69) is 40.5 Å². The molecule has 0 unspecified atom stereocenters. The number of hydrogen-bond donors (Lipinski definition) is 0. The van der Waals surface area contributed by atoms with Crippen LogP contribution in [-0.2, 0) is 0 Å². The minimum atomic E-state index is -0.588. The Labute approximate surface area is 233 Å². The van der Waals surface area contributed by atoms with Crippen molar-refractivity contribution in [3.63, 3.8) is 0 Å². The molecule has 35 heavy (non-hydrogen) atoms. The minimum Gasteiger partial charge on any atom is -0.105 e. The summed E-state index contributed by atoms with van der Waals surface area (Å²) >= 11 is -0.998. The molecular weight excluding hydrogens is 450 g/mol. The van der Waals surface area contributed by atoms with Crippen LogP contribution in [0.1, 0.15) is 136 Å². The third kappa shape index (κ3) is 32.3. The van der Waals surface area contributed by atoms with Crippen molar-refractivity contribution in [2.75, 3.05) is 0 Å². The molecule has 0 aromatic carbocycles. The van der Waals surface area contributed by atoms with Crippen LogP contribution in [0.5, 0.6) is 0 Å². The lowest BCUT2D eigenvalue weighted by molar-refractivity contribution is 0.610. The Kier molecular flexibility index (Phi) is 36.7. The molecule has 0 saturated heterocycles. The lowest BCUT2D eigenvalue weighted by Gasteiger charge is -2.12. The first-order chi connectivity index (χ1) is 17.2. The van der Waals surface area contributed by atoms with Crippen LogP contribution in [-0.4, -0.2) is 28.3 Å². The van der Waals surface area contributed by atoms with Crippen molar-refractivity contribution in [3.05, 3.63) is 38.0 Å². The van der Waals surface area contributed by atoms with E-state index >= 15 is 0 Å². The van der Waals surface area contributed by atoms with Gasteiger partial charge in [0.2, 0.25) is 0 Å². The summed E-state index contributed by atoms with van der Waals surface area (Å²) in [6, 6.07) is 0. The second-order valence-corrected chi connectivity index (χ2v) is 17.6. The van der Waals surface area contributed by atoms with Gasteiger partial charge in [0.25, 0.3) is 28.3 Å². The van der Waals surface area contributed by atoms with Crippen LogP contribution in [0.2, 0.25) is 31.7 Å². The SMILES string of the molecule is C=C[CH2][Al]([CH2]C=C)[CH2]C=C.CCCCCCC[CH2][Al]([CH2]CCCCCCC)[CH2]CCCCCCC. The van der Waals surface area contributed by atoms with Gasteiger partial charge in [0.1, 0.15) is 0 Å². The summed E-state index contributed by atoms with van der Waals surface area (Å²) < 4.78 is 0. The lowest BCUT2D eigenvalue weighted by Crippen LogP contribution is -2.12. The summed E-state index contributed by atoms with van der Waals surface area (Å²) in [7, 11) is 0. The van der Waals surface area contributed by atoms with Crippen LogP contribution < -0.4 is 0 Å². The highest BCUT2D eigenvalue weighted by atomic mass is 27.2. The maximum atomic E-state index is 3.73. The van der Waals surface area contributed by atoms with Gasteiger partial charge in [-0.05, 0) is 0 Å². The molecule has 0 aromatic heterocycles. The molecule has 0 radical (unpaired) electrons. The fourth-order valence-electron chi connectivity index (χ4n) is 5.07. The van der Waals surface area contributed by atoms with Crippen molar-refractivity contribution in [1.29, 1.82) is 0 Å². The highest BCUT2D eigenvalue weighted by Gasteiger charge is 2.15. The van der Waals surface area contributed by atoms with Crippen molar-refractivity contribution in [1.82, 2.24) is 0 Å². The van der Waals surface area contributed by atoms with E-state index in [4.69, 9.17) is 0 Å². The van der Waals surface area contributed by atoms with Crippen LogP contribution in [0.4, 0.5) is 0 Å².